The number of H-pyrrole nitrogens is 1. The number of rotatable bonds is 7. The predicted molar refractivity (Wildman–Crippen MR) is 105 cm³/mol. The number of benzene rings is 1. The Labute approximate surface area is 160 Å². The Morgan fingerprint density at radius 2 is 2.07 bits per heavy atom. The molecule has 2 aromatic heterocycles. The van der Waals surface area contributed by atoms with Crippen molar-refractivity contribution < 1.29 is 4.79 Å². The van der Waals surface area contributed by atoms with Crippen LogP contribution in [-0.4, -0.2) is 43.3 Å². The SMILES string of the molecule is CCCSc1nc2c(nnn2CCNC(=O)Nc2ccc(C)cc2)c(=O)[nH]1. The number of carbonyl (C=O) groups excluding carboxylic acids is 1. The highest BCUT2D eigenvalue weighted by atomic mass is 32.2. The van der Waals surface area contributed by atoms with Crippen LogP contribution in [0, 0.1) is 6.92 Å². The summed E-state index contributed by atoms with van der Waals surface area (Å²) in [5, 5.41) is 13.9. The first-order valence-electron chi connectivity index (χ1n) is 8.64. The number of nitrogens with one attached hydrogen (secondary N) is 3. The summed E-state index contributed by atoms with van der Waals surface area (Å²) < 4.78 is 1.52. The largest absolute Gasteiger partial charge is 0.336 e. The number of hydrogen-bond acceptors (Lipinski definition) is 6. The van der Waals surface area contributed by atoms with E-state index < -0.39 is 0 Å². The summed E-state index contributed by atoms with van der Waals surface area (Å²) in [5.41, 5.74) is 2.14. The van der Waals surface area contributed by atoms with Crippen LogP contribution in [0.1, 0.15) is 18.9 Å². The molecule has 27 heavy (non-hydrogen) atoms. The molecule has 0 aliphatic carbocycles. The van der Waals surface area contributed by atoms with Crippen LogP contribution in [0.4, 0.5) is 10.5 Å². The predicted octanol–water partition coefficient (Wildman–Crippen LogP) is 2.15. The Morgan fingerprint density at radius 1 is 1.30 bits per heavy atom. The first-order valence-corrected chi connectivity index (χ1v) is 9.63. The van der Waals surface area contributed by atoms with E-state index in [4.69, 9.17) is 0 Å². The minimum atomic E-state index is -0.312. The van der Waals surface area contributed by atoms with E-state index in [0.29, 0.717) is 23.9 Å². The highest BCUT2D eigenvalue weighted by Crippen LogP contribution is 2.14. The summed E-state index contributed by atoms with van der Waals surface area (Å²) in [5.74, 6) is 0.858. The van der Waals surface area contributed by atoms with Crippen molar-refractivity contribution in [2.75, 3.05) is 17.6 Å². The van der Waals surface area contributed by atoms with E-state index in [1.54, 1.807) is 0 Å². The number of anilines is 1. The molecule has 0 aliphatic heterocycles. The van der Waals surface area contributed by atoms with Crippen molar-refractivity contribution in [2.45, 2.75) is 32.0 Å². The van der Waals surface area contributed by atoms with Gasteiger partial charge in [-0.25, -0.2) is 14.5 Å². The van der Waals surface area contributed by atoms with Crippen LogP contribution >= 0.6 is 11.8 Å². The molecule has 0 atom stereocenters. The number of fused-ring (bicyclic) bond motifs is 1. The summed E-state index contributed by atoms with van der Waals surface area (Å²) in [6.45, 7) is 4.72. The Bertz CT molecular complexity index is 981. The molecule has 142 valence electrons. The molecule has 0 aliphatic rings. The zero-order valence-corrected chi connectivity index (χ0v) is 16.0. The van der Waals surface area contributed by atoms with Crippen LogP contribution in [0.25, 0.3) is 11.2 Å². The van der Waals surface area contributed by atoms with Crippen molar-refractivity contribution in [3.8, 4) is 0 Å². The minimum absolute atomic E-state index is 0.194. The third-order valence-electron chi connectivity index (χ3n) is 3.71. The number of carbonyl (C=O) groups is 1. The maximum absolute atomic E-state index is 12.1. The second-order valence-corrected chi connectivity index (χ2v) is 7.03. The number of thioether (sulfide) groups is 1. The molecule has 0 bridgehead atoms. The standard InChI is InChI=1S/C17H21N7O2S/c1-3-10-27-17-20-14-13(15(25)21-17)22-23-24(14)9-8-18-16(26)19-12-6-4-11(2)5-7-12/h4-7H,3,8-10H2,1-2H3,(H2,18,19,26)(H,20,21,25). The number of hydrogen-bond donors (Lipinski definition) is 3. The van der Waals surface area contributed by atoms with Crippen LogP contribution in [0.15, 0.2) is 34.2 Å². The molecule has 2 amide bonds. The van der Waals surface area contributed by atoms with Crippen molar-refractivity contribution in [2.24, 2.45) is 0 Å². The van der Waals surface area contributed by atoms with E-state index in [-0.39, 0.29) is 17.1 Å². The number of urea groups is 1. The summed E-state index contributed by atoms with van der Waals surface area (Å²) in [6.07, 6.45) is 0.976. The Balaban J connectivity index is 1.61. The Kier molecular flexibility index (Phi) is 6.07. The average Bonchev–Trinajstić information content (AvgIpc) is 3.05. The van der Waals surface area contributed by atoms with Crippen molar-refractivity contribution in [3.05, 3.63) is 40.2 Å². The summed E-state index contributed by atoms with van der Waals surface area (Å²) >= 11 is 1.48. The Hall–Kier alpha value is -2.88. The first-order chi connectivity index (χ1) is 13.1. The van der Waals surface area contributed by atoms with E-state index in [0.717, 1.165) is 23.4 Å². The maximum Gasteiger partial charge on any atom is 0.319 e. The number of aromatic amines is 1. The minimum Gasteiger partial charge on any atom is -0.336 e. The number of aryl methyl sites for hydroxylation is 1. The number of aromatic nitrogens is 5. The van der Waals surface area contributed by atoms with Crippen LogP contribution in [0.2, 0.25) is 0 Å². The van der Waals surface area contributed by atoms with E-state index in [1.807, 2.05) is 31.2 Å². The van der Waals surface area contributed by atoms with Crippen LogP contribution < -0.4 is 16.2 Å². The lowest BCUT2D eigenvalue weighted by Crippen LogP contribution is -2.31. The third kappa shape index (κ3) is 4.85. The first kappa shape index (κ1) is 18.9. The fraction of sp³-hybridized carbons (Fsp3) is 0.353. The van der Waals surface area contributed by atoms with E-state index in [9.17, 15) is 9.59 Å². The van der Waals surface area contributed by atoms with Gasteiger partial charge in [0.25, 0.3) is 5.56 Å². The van der Waals surface area contributed by atoms with Gasteiger partial charge in [-0.2, -0.15) is 0 Å². The second kappa shape index (κ2) is 8.67. The average molecular weight is 387 g/mol. The molecule has 0 radical (unpaired) electrons. The highest BCUT2D eigenvalue weighted by Gasteiger charge is 2.12. The van der Waals surface area contributed by atoms with Gasteiger partial charge in [-0.15, -0.1) is 5.10 Å². The van der Waals surface area contributed by atoms with Gasteiger partial charge >= 0.3 is 6.03 Å². The molecule has 0 fully saturated rings. The molecule has 0 saturated carbocycles. The number of nitrogens with zero attached hydrogens (tertiary/aromatic N) is 4. The molecule has 0 saturated heterocycles. The fourth-order valence-electron chi connectivity index (χ4n) is 2.35. The van der Waals surface area contributed by atoms with Crippen molar-refractivity contribution in [3.63, 3.8) is 0 Å². The molecule has 0 unspecified atom stereocenters. The summed E-state index contributed by atoms with van der Waals surface area (Å²) in [7, 11) is 0. The molecule has 3 rings (SSSR count). The lowest BCUT2D eigenvalue weighted by Gasteiger charge is -2.08. The van der Waals surface area contributed by atoms with Crippen molar-refractivity contribution in [1.29, 1.82) is 0 Å². The van der Waals surface area contributed by atoms with Crippen LogP contribution in [0.5, 0.6) is 0 Å². The third-order valence-corrected chi connectivity index (χ3v) is 4.79. The van der Waals surface area contributed by atoms with Gasteiger partial charge in [0, 0.05) is 18.0 Å². The topological polar surface area (TPSA) is 118 Å². The highest BCUT2D eigenvalue weighted by molar-refractivity contribution is 7.99. The van der Waals surface area contributed by atoms with Gasteiger partial charge in [-0.3, -0.25) is 9.78 Å². The van der Waals surface area contributed by atoms with E-state index >= 15 is 0 Å². The van der Waals surface area contributed by atoms with E-state index in [1.165, 1.54) is 16.4 Å². The van der Waals surface area contributed by atoms with Crippen LogP contribution in [-0.2, 0) is 6.54 Å². The molecular weight excluding hydrogens is 366 g/mol. The lowest BCUT2D eigenvalue weighted by atomic mass is 10.2. The molecule has 9 nitrogen and oxygen atoms in total. The molecule has 3 aromatic rings. The zero-order chi connectivity index (χ0) is 19.2. The number of amides is 2. The monoisotopic (exact) mass is 387 g/mol. The van der Waals surface area contributed by atoms with Gasteiger partial charge in [0.15, 0.2) is 16.3 Å². The van der Waals surface area contributed by atoms with Crippen molar-refractivity contribution in [1.82, 2.24) is 30.3 Å². The normalized spacial score (nSPS) is 10.9. The lowest BCUT2D eigenvalue weighted by molar-refractivity contribution is 0.251. The van der Waals surface area contributed by atoms with Gasteiger partial charge in [-0.1, -0.05) is 41.6 Å². The van der Waals surface area contributed by atoms with Gasteiger partial charge in [-0.05, 0) is 25.5 Å². The zero-order valence-electron chi connectivity index (χ0n) is 15.2. The van der Waals surface area contributed by atoms with Gasteiger partial charge in [0.2, 0.25) is 0 Å². The molecule has 10 heteroatoms. The van der Waals surface area contributed by atoms with Gasteiger partial charge < -0.3 is 10.6 Å². The molecule has 1 aromatic carbocycles. The fourth-order valence-corrected chi connectivity index (χ4v) is 3.06. The van der Waals surface area contributed by atoms with Gasteiger partial charge in [0.1, 0.15) is 0 Å². The molecule has 2 heterocycles. The molecule has 3 N–H and O–H groups in total. The summed E-state index contributed by atoms with van der Waals surface area (Å²) in [4.78, 5) is 31.2. The molecule has 0 spiro atoms. The summed E-state index contributed by atoms with van der Waals surface area (Å²) in [6, 6.07) is 7.22. The quantitative estimate of drug-likeness (QED) is 0.422. The Morgan fingerprint density at radius 3 is 2.81 bits per heavy atom. The second-order valence-electron chi connectivity index (χ2n) is 5.95. The smallest absolute Gasteiger partial charge is 0.319 e. The van der Waals surface area contributed by atoms with E-state index in [2.05, 4.69) is 37.8 Å². The maximum atomic E-state index is 12.1. The van der Waals surface area contributed by atoms with Crippen molar-refractivity contribution >= 4 is 34.6 Å². The van der Waals surface area contributed by atoms with Crippen LogP contribution in [0.3, 0.4) is 0 Å². The molecular formula is C17H21N7O2S. The van der Waals surface area contributed by atoms with Gasteiger partial charge in [0.05, 0.1) is 6.54 Å².